The number of methoxy groups -OCH3 is 1. The molecule has 1 aromatic heterocycles. The van der Waals surface area contributed by atoms with Gasteiger partial charge in [0.05, 0.1) is 18.0 Å². The maximum absolute atomic E-state index is 5.08. The highest BCUT2D eigenvalue weighted by Crippen LogP contribution is 2.16. The molecule has 4 heteroatoms. The van der Waals surface area contributed by atoms with Gasteiger partial charge in [-0.05, 0) is 40.9 Å². The van der Waals surface area contributed by atoms with Gasteiger partial charge in [0, 0.05) is 13.7 Å². The number of hydrogen-bond acceptors (Lipinski definition) is 3. The molecule has 0 aliphatic heterocycles. The molecule has 1 heterocycles. The van der Waals surface area contributed by atoms with E-state index < -0.39 is 0 Å². The van der Waals surface area contributed by atoms with Crippen LogP contribution in [-0.4, -0.2) is 25.2 Å². The number of hydrogen-bond donors (Lipinski definition) is 1. The van der Waals surface area contributed by atoms with Crippen LogP contribution in [0.1, 0.15) is 12.6 Å². The van der Waals surface area contributed by atoms with Crippen LogP contribution in [0.5, 0.6) is 0 Å². The molecule has 0 amide bonds. The zero-order valence-corrected chi connectivity index (χ0v) is 11.0. The van der Waals surface area contributed by atoms with Crippen LogP contribution >= 0.6 is 15.9 Å². The second-order valence-electron chi connectivity index (χ2n) is 3.71. The van der Waals surface area contributed by atoms with E-state index in [1.807, 2.05) is 19.1 Å². The van der Waals surface area contributed by atoms with Crippen molar-refractivity contribution < 1.29 is 4.74 Å². The first kappa shape index (κ1) is 12.5. The van der Waals surface area contributed by atoms with E-state index in [1.54, 1.807) is 7.11 Å². The van der Waals surface area contributed by atoms with Gasteiger partial charge in [-0.25, -0.2) is 4.98 Å². The van der Waals surface area contributed by atoms with Gasteiger partial charge in [0.2, 0.25) is 0 Å². The number of nitrogens with one attached hydrogen (secondary N) is 1. The Morgan fingerprint density at radius 1 is 1.53 bits per heavy atom. The first-order chi connectivity index (χ1) is 7.13. The van der Waals surface area contributed by atoms with Crippen molar-refractivity contribution in [2.45, 2.75) is 13.8 Å². The van der Waals surface area contributed by atoms with Crippen molar-refractivity contribution in [1.82, 2.24) is 4.98 Å². The lowest BCUT2D eigenvalue weighted by Gasteiger charge is -2.13. The van der Waals surface area contributed by atoms with Gasteiger partial charge < -0.3 is 10.1 Å². The number of nitrogens with zero attached hydrogens (tertiary/aromatic N) is 1. The van der Waals surface area contributed by atoms with Crippen LogP contribution in [0.25, 0.3) is 0 Å². The highest BCUT2D eigenvalue weighted by Gasteiger charge is 2.03. The average Bonchev–Trinajstić information content (AvgIpc) is 2.17. The summed E-state index contributed by atoms with van der Waals surface area (Å²) in [5.74, 6) is 0.498. The Hall–Kier alpha value is -0.610. The summed E-state index contributed by atoms with van der Waals surface area (Å²) < 4.78 is 5.95. The Kier molecular flexibility index (Phi) is 5.05. The first-order valence-electron chi connectivity index (χ1n) is 4.99. The fraction of sp³-hybridized carbons (Fsp3) is 0.545. The van der Waals surface area contributed by atoms with Crippen LogP contribution in [0.2, 0.25) is 0 Å². The quantitative estimate of drug-likeness (QED) is 0.838. The fourth-order valence-electron chi connectivity index (χ4n) is 1.34. The highest BCUT2D eigenvalue weighted by atomic mass is 79.9. The summed E-state index contributed by atoms with van der Waals surface area (Å²) in [7, 11) is 1.73. The molecule has 0 bridgehead atoms. The van der Waals surface area contributed by atoms with E-state index in [-0.39, 0.29) is 0 Å². The predicted molar refractivity (Wildman–Crippen MR) is 66.2 cm³/mol. The van der Waals surface area contributed by atoms with Crippen LogP contribution in [0.15, 0.2) is 16.7 Å². The normalized spacial score (nSPS) is 12.5. The topological polar surface area (TPSA) is 34.1 Å². The molecule has 3 nitrogen and oxygen atoms in total. The lowest BCUT2D eigenvalue weighted by Crippen LogP contribution is -2.16. The molecule has 0 radical (unpaired) electrons. The number of aromatic nitrogens is 1. The second kappa shape index (κ2) is 6.08. The summed E-state index contributed by atoms with van der Waals surface area (Å²) in [4.78, 5) is 4.32. The first-order valence-corrected chi connectivity index (χ1v) is 5.78. The Morgan fingerprint density at radius 3 is 2.87 bits per heavy atom. The molecule has 0 spiro atoms. The van der Waals surface area contributed by atoms with Gasteiger partial charge in [-0.1, -0.05) is 6.92 Å². The van der Waals surface area contributed by atoms with E-state index in [0.717, 1.165) is 29.1 Å². The molecular formula is C11H17BrN2O. The summed E-state index contributed by atoms with van der Waals surface area (Å²) in [6.45, 7) is 5.82. The monoisotopic (exact) mass is 272 g/mol. The van der Waals surface area contributed by atoms with Crippen LogP contribution in [0.4, 0.5) is 5.69 Å². The van der Waals surface area contributed by atoms with Gasteiger partial charge in [-0.3, -0.25) is 0 Å². The molecule has 84 valence electrons. The smallest absolute Gasteiger partial charge is 0.106 e. The highest BCUT2D eigenvalue weighted by molar-refractivity contribution is 9.10. The van der Waals surface area contributed by atoms with Gasteiger partial charge in [0.1, 0.15) is 4.60 Å². The number of aryl methyl sites for hydroxylation is 1. The fourth-order valence-corrected chi connectivity index (χ4v) is 1.74. The lowest BCUT2D eigenvalue weighted by atomic mass is 10.2. The minimum absolute atomic E-state index is 0.498. The summed E-state index contributed by atoms with van der Waals surface area (Å²) in [5.41, 5.74) is 2.09. The van der Waals surface area contributed by atoms with Crippen molar-refractivity contribution in [3.05, 3.63) is 22.4 Å². The maximum atomic E-state index is 5.08. The van der Waals surface area contributed by atoms with Gasteiger partial charge in [0.25, 0.3) is 0 Å². The van der Waals surface area contributed by atoms with Crippen molar-refractivity contribution >= 4 is 21.6 Å². The Balaban J connectivity index is 2.50. The standard InChI is InChI=1S/C11H17BrN2O/c1-8(7-15-3)6-13-10-4-5-11(12)14-9(10)2/h4-5,8,13H,6-7H2,1-3H3. The van der Waals surface area contributed by atoms with Crippen molar-refractivity contribution in [2.24, 2.45) is 5.92 Å². The summed E-state index contributed by atoms with van der Waals surface area (Å²) in [6.07, 6.45) is 0. The predicted octanol–water partition coefficient (Wildman–Crippen LogP) is 2.85. The van der Waals surface area contributed by atoms with Gasteiger partial charge in [-0.15, -0.1) is 0 Å². The SMILES string of the molecule is COCC(C)CNc1ccc(Br)nc1C. The zero-order valence-electron chi connectivity index (χ0n) is 9.38. The number of ether oxygens (including phenoxy) is 1. The van der Waals surface area contributed by atoms with Crippen LogP contribution < -0.4 is 5.32 Å². The molecule has 1 N–H and O–H groups in total. The third-order valence-corrected chi connectivity index (χ3v) is 2.59. The van der Waals surface area contributed by atoms with Crippen molar-refractivity contribution in [3.63, 3.8) is 0 Å². The lowest BCUT2D eigenvalue weighted by molar-refractivity contribution is 0.164. The molecular weight excluding hydrogens is 256 g/mol. The van der Waals surface area contributed by atoms with Crippen molar-refractivity contribution in [1.29, 1.82) is 0 Å². The molecule has 1 unspecified atom stereocenters. The minimum Gasteiger partial charge on any atom is -0.384 e. The molecule has 0 saturated heterocycles. The van der Waals surface area contributed by atoms with Crippen molar-refractivity contribution in [2.75, 3.05) is 25.6 Å². The molecule has 0 fully saturated rings. The van der Waals surface area contributed by atoms with Crippen LogP contribution in [-0.2, 0) is 4.74 Å². The van der Waals surface area contributed by atoms with Crippen LogP contribution in [0, 0.1) is 12.8 Å². The van der Waals surface area contributed by atoms with E-state index in [1.165, 1.54) is 0 Å². The molecule has 0 aliphatic rings. The largest absolute Gasteiger partial charge is 0.384 e. The molecule has 0 aromatic carbocycles. The molecule has 1 aromatic rings. The van der Waals surface area contributed by atoms with Gasteiger partial charge in [-0.2, -0.15) is 0 Å². The number of anilines is 1. The summed E-state index contributed by atoms with van der Waals surface area (Å²) in [5, 5.41) is 3.36. The average molecular weight is 273 g/mol. The Labute approximate surface area is 99.4 Å². The minimum atomic E-state index is 0.498. The van der Waals surface area contributed by atoms with E-state index >= 15 is 0 Å². The zero-order chi connectivity index (χ0) is 11.3. The van der Waals surface area contributed by atoms with Crippen LogP contribution in [0.3, 0.4) is 0 Å². The second-order valence-corrected chi connectivity index (χ2v) is 4.52. The molecule has 1 rings (SSSR count). The third-order valence-electron chi connectivity index (χ3n) is 2.14. The van der Waals surface area contributed by atoms with E-state index in [4.69, 9.17) is 4.74 Å². The number of pyridine rings is 1. The maximum Gasteiger partial charge on any atom is 0.106 e. The Morgan fingerprint density at radius 2 is 2.27 bits per heavy atom. The van der Waals surface area contributed by atoms with E-state index in [0.29, 0.717) is 5.92 Å². The molecule has 15 heavy (non-hydrogen) atoms. The number of halogens is 1. The van der Waals surface area contributed by atoms with Gasteiger partial charge in [0.15, 0.2) is 0 Å². The van der Waals surface area contributed by atoms with Crippen molar-refractivity contribution in [3.8, 4) is 0 Å². The third kappa shape index (κ3) is 4.18. The summed E-state index contributed by atoms with van der Waals surface area (Å²) >= 11 is 3.34. The number of rotatable bonds is 5. The van der Waals surface area contributed by atoms with E-state index in [2.05, 4.69) is 33.2 Å². The molecule has 1 atom stereocenters. The molecule has 0 saturated carbocycles. The summed E-state index contributed by atoms with van der Waals surface area (Å²) in [6, 6.07) is 3.97. The van der Waals surface area contributed by atoms with E-state index in [9.17, 15) is 0 Å². The molecule has 0 aliphatic carbocycles. The van der Waals surface area contributed by atoms with Gasteiger partial charge >= 0.3 is 0 Å². The Bertz CT molecular complexity index is 317.